The molecule has 3 rings (SSSR count). The third kappa shape index (κ3) is 7.85. The van der Waals surface area contributed by atoms with Gasteiger partial charge in [-0.05, 0) is 36.8 Å². The summed E-state index contributed by atoms with van der Waals surface area (Å²) in [6.07, 6.45) is 6.98. The lowest BCUT2D eigenvalue weighted by Gasteiger charge is -2.05. The number of benzene rings is 2. The van der Waals surface area contributed by atoms with Crippen LogP contribution in [0.4, 0.5) is 0 Å². The van der Waals surface area contributed by atoms with E-state index in [1.807, 2.05) is 24.4 Å². The number of fused-ring (bicyclic) bond motifs is 1. The number of hydrogen-bond donors (Lipinski definition) is 5. The fourth-order valence-electron chi connectivity index (χ4n) is 2.73. The zero-order chi connectivity index (χ0) is 22.5. The molecule has 1 aromatic heterocycles. The minimum Gasteiger partial charge on any atom is -0.497 e. The van der Waals surface area contributed by atoms with Crippen LogP contribution in [0, 0.1) is 5.41 Å². The SMILES string of the molecule is CCCCCNC(=N)N/N=C/c1c[nH]c2ccc(OC)cc12.O=C(O)c1ccccc1. The fraction of sp³-hybridized carbons (Fsp3) is 0.261. The van der Waals surface area contributed by atoms with Gasteiger partial charge in [0.1, 0.15) is 5.75 Å². The Balaban J connectivity index is 0.000000316. The molecule has 0 aliphatic heterocycles. The molecule has 0 saturated heterocycles. The molecule has 5 N–H and O–H groups in total. The maximum atomic E-state index is 10.2. The van der Waals surface area contributed by atoms with E-state index in [-0.39, 0.29) is 5.96 Å². The summed E-state index contributed by atoms with van der Waals surface area (Å²) in [5.74, 6) is 0.139. The summed E-state index contributed by atoms with van der Waals surface area (Å²) >= 11 is 0. The van der Waals surface area contributed by atoms with Crippen LogP contribution in [-0.2, 0) is 0 Å². The van der Waals surface area contributed by atoms with Gasteiger partial charge in [-0.15, -0.1) is 0 Å². The minimum atomic E-state index is -0.879. The van der Waals surface area contributed by atoms with Crippen molar-refractivity contribution in [3.63, 3.8) is 0 Å². The summed E-state index contributed by atoms with van der Waals surface area (Å²) in [5.41, 5.74) is 4.99. The molecule has 2 aromatic carbocycles. The topological polar surface area (TPSA) is 123 Å². The molecule has 1 heterocycles. The van der Waals surface area contributed by atoms with Crippen molar-refractivity contribution in [2.75, 3.05) is 13.7 Å². The number of aromatic carboxylic acids is 1. The van der Waals surface area contributed by atoms with Crippen LogP contribution < -0.4 is 15.5 Å². The highest BCUT2D eigenvalue weighted by atomic mass is 16.5. The Bertz CT molecular complexity index is 999. The summed E-state index contributed by atoms with van der Waals surface area (Å²) in [5, 5.41) is 24.2. The maximum absolute atomic E-state index is 10.2. The van der Waals surface area contributed by atoms with Gasteiger partial charge in [0.05, 0.1) is 18.9 Å². The van der Waals surface area contributed by atoms with Crippen molar-refractivity contribution in [1.29, 1.82) is 5.41 Å². The summed E-state index contributed by atoms with van der Waals surface area (Å²) in [6, 6.07) is 14.1. The molecule has 0 bridgehead atoms. The molecule has 0 atom stereocenters. The van der Waals surface area contributed by atoms with E-state index in [1.165, 1.54) is 12.8 Å². The highest BCUT2D eigenvalue weighted by Gasteiger charge is 2.03. The highest BCUT2D eigenvalue weighted by molar-refractivity contribution is 5.99. The number of guanidine groups is 1. The molecular formula is C23H29N5O3. The molecule has 0 spiro atoms. The molecule has 0 unspecified atom stereocenters. The monoisotopic (exact) mass is 423 g/mol. The molecule has 3 aromatic rings. The smallest absolute Gasteiger partial charge is 0.335 e. The molecule has 0 aliphatic carbocycles. The number of H-pyrrole nitrogens is 1. The molecular weight excluding hydrogens is 394 g/mol. The Hall–Kier alpha value is -3.81. The van der Waals surface area contributed by atoms with E-state index < -0.39 is 5.97 Å². The van der Waals surface area contributed by atoms with Crippen molar-refractivity contribution < 1.29 is 14.6 Å². The van der Waals surface area contributed by atoms with Crippen molar-refractivity contribution in [2.45, 2.75) is 26.2 Å². The van der Waals surface area contributed by atoms with E-state index in [2.05, 4.69) is 27.8 Å². The van der Waals surface area contributed by atoms with Crippen molar-refractivity contribution in [1.82, 2.24) is 15.7 Å². The first-order valence-corrected chi connectivity index (χ1v) is 10.1. The number of unbranched alkanes of at least 4 members (excludes halogenated alkanes) is 2. The van der Waals surface area contributed by atoms with Crippen molar-refractivity contribution in [3.8, 4) is 5.75 Å². The summed E-state index contributed by atoms with van der Waals surface area (Å²) in [7, 11) is 1.65. The van der Waals surface area contributed by atoms with E-state index in [4.69, 9.17) is 15.3 Å². The second kappa shape index (κ2) is 12.7. The zero-order valence-electron chi connectivity index (χ0n) is 17.8. The number of hydrazone groups is 1. The van der Waals surface area contributed by atoms with Crippen LogP contribution in [0.2, 0.25) is 0 Å². The van der Waals surface area contributed by atoms with Crippen LogP contribution in [0.5, 0.6) is 5.75 Å². The number of methoxy groups -OCH3 is 1. The van der Waals surface area contributed by atoms with Gasteiger partial charge >= 0.3 is 5.97 Å². The number of ether oxygens (including phenoxy) is 1. The Morgan fingerprint density at radius 1 is 1.23 bits per heavy atom. The van der Waals surface area contributed by atoms with Gasteiger partial charge < -0.3 is 20.1 Å². The van der Waals surface area contributed by atoms with E-state index in [1.54, 1.807) is 43.7 Å². The van der Waals surface area contributed by atoms with Crippen molar-refractivity contribution in [2.24, 2.45) is 5.10 Å². The first kappa shape index (κ1) is 23.5. The predicted molar refractivity (Wildman–Crippen MR) is 124 cm³/mol. The zero-order valence-corrected chi connectivity index (χ0v) is 17.8. The molecule has 0 radical (unpaired) electrons. The Labute approximate surface area is 181 Å². The van der Waals surface area contributed by atoms with Crippen LogP contribution in [0.15, 0.2) is 59.8 Å². The van der Waals surface area contributed by atoms with Crippen molar-refractivity contribution in [3.05, 3.63) is 65.9 Å². The summed E-state index contributed by atoms with van der Waals surface area (Å²) < 4.78 is 5.24. The number of carboxylic acids is 1. The molecule has 0 amide bonds. The van der Waals surface area contributed by atoms with E-state index >= 15 is 0 Å². The van der Waals surface area contributed by atoms with Gasteiger partial charge in [-0.25, -0.2) is 10.2 Å². The number of carbonyl (C=O) groups is 1. The predicted octanol–water partition coefficient (Wildman–Crippen LogP) is 4.20. The van der Waals surface area contributed by atoms with Gasteiger partial charge in [0.2, 0.25) is 5.96 Å². The Morgan fingerprint density at radius 3 is 2.65 bits per heavy atom. The van der Waals surface area contributed by atoms with Gasteiger partial charge in [-0.1, -0.05) is 38.0 Å². The number of aromatic amines is 1. The number of nitrogens with one attached hydrogen (secondary N) is 4. The van der Waals surface area contributed by atoms with Gasteiger partial charge in [-0.2, -0.15) is 5.10 Å². The first-order chi connectivity index (χ1) is 15.0. The number of aromatic nitrogens is 1. The molecule has 0 aliphatic rings. The van der Waals surface area contributed by atoms with Gasteiger partial charge in [0.25, 0.3) is 0 Å². The number of nitrogens with zero attached hydrogens (tertiary/aromatic N) is 1. The van der Waals surface area contributed by atoms with Crippen LogP contribution >= 0.6 is 0 Å². The lowest BCUT2D eigenvalue weighted by Crippen LogP contribution is -2.33. The molecule has 8 heteroatoms. The second-order valence-electron chi connectivity index (χ2n) is 6.71. The first-order valence-electron chi connectivity index (χ1n) is 10.1. The minimum absolute atomic E-state index is 0.213. The standard InChI is InChI=1S/C16H23N5O.C7H6O2/c1-3-4-5-8-18-16(17)21-20-11-12-10-19-15-7-6-13(22-2)9-14(12)15;8-7(9)6-4-2-1-3-5-6/h6-7,9-11,19H,3-5,8H2,1-2H3,(H3,17,18,21);1-5H,(H,8,9)/b20-11+;. The van der Waals surface area contributed by atoms with Gasteiger partial charge in [-0.3, -0.25) is 5.41 Å². The fourth-order valence-corrected chi connectivity index (χ4v) is 2.73. The van der Waals surface area contributed by atoms with Crippen LogP contribution in [0.25, 0.3) is 10.9 Å². The summed E-state index contributed by atoms with van der Waals surface area (Å²) in [4.78, 5) is 13.4. The lowest BCUT2D eigenvalue weighted by molar-refractivity contribution is 0.0697. The van der Waals surface area contributed by atoms with E-state index in [0.717, 1.165) is 35.2 Å². The van der Waals surface area contributed by atoms with E-state index in [0.29, 0.717) is 5.56 Å². The quantitative estimate of drug-likeness (QED) is 0.161. The van der Waals surface area contributed by atoms with Gasteiger partial charge in [0, 0.05) is 29.2 Å². The van der Waals surface area contributed by atoms with Crippen molar-refractivity contribution >= 4 is 29.0 Å². The van der Waals surface area contributed by atoms with Crippen LogP contribution in [-0.4, -0.2) is 41.9 Å². The van der Waals surface area contributed by atoms with Crippen LogP contribution in [0.3, 0.4) is 0 Å². The molecule has 31 heavy (non-hydrogen) atoms. The summed E-state index contributed by atoms with van der Waals surface area (Å²) in [6.45, 7) is 2.95. The molecule has 0 saturated carbocycles. The molecule has 164 valence electrons. The van der Waals surface area contributed by atoms with Crippen LogP contribution in [0.1, 0.15) is 42.1 Å². The molecule has 0 fully saturated rings. The third-order valence-corrected chi connectivity index (χ3v) is 4.40. The molecule has 8 nitrogen and oxygen atoms in total. The lowest BCUT2D eigenvalue weighted by atomic mass is 10.2. The Morgan fingerprint density at radius 2 is 2.00 bits per heavy atom. The third-order valence-electron chi connectivity index (χ3n) is 4.40. The average Bonchev–Trinajstić information content (AvgIpc) is 3.20. The van der Waals surface area contributed by atoms with E-state index in [9.17, 15) is 4.79 Å². The maximum Gasteiger partial charge on any atom is 0.335 e. The number of carboxylic acid groups (broad SMARTS) is 1. The van der Waals surface area contributed by atoms with Gasteiger partial charge in [0.15, 0.2) is 0 Å². The second-order valence-corrected chi connectivity index (χ2v) is 6.71. The normalized spacial score (nSPS) is 10.4. The Kier molecular flexibility index (Phi) is 9.61. The average molecular weight is 424 g/mol. The number of rotatable bonds is 8. The highest BCUT2D eigenvalue weighted by Crippen LogP contribution is 2.22. The largest absolute Gasteiger partial charge is 0.497 e. The number of hydrogen-bond acceptors (Lipinski definition) is 4.